The quantitative estimate of drug-likeness (QED) is 0.861. The summed E-state index contributed by atoms with van der Waals surface area (Å²) in [6, 6.07) is 6.74. The molecule has 1 unspecified atom stereocenters. The minimum Gasteiger partial charge on any atom is -0.344 e. The van der Waals surface area contributed by atoms with Gasteiger partial charge in [0, 0.05) is 30.2 Å². The number of benzene rings is 1. The number of carbonyl (C=O) groups is 2. The van der Waals surface area contributed by atoms with E-state index >= 15 is 0 Å². The molecule has 1 aliphatic heterocycles. The van der Waals surface area contributed by atoms with Crippen molar-refractivity contribution in [3.8, 4) is 0 Å². The lowest BCUT2D eigenvalue weighted by molar-refractivity contribution is -0.126. The van der Waals surface area contributed by atoms with Crippen LogP contribution in [0.1, 0.15) is 12.8 Å². The standard InChI is InChI=1S/C14H18ClN3O2.ClH/c1-16-7-5-13(19)17-12-6-8-18(14(12)20)11-4-2-3-10(15)9-11;/h2-4,9,12,16H,5-8H2,1H3,(H,17,19);1H. The minimum absolute atomic E-state index is 0. The molecule has 1 aliphatic rings. The summed E-state index contributed by atoms with van der Waals surface area (Å²) in [6.07, 6.45) is 0.994. The third-order valence-electron chi connectivity index (χ3n) is 3.26. The highest BCUT2D eigenvalue weighted by Crippen LogP contribution is 2.24. The molecule has 0 aliphatic carbocycles. The van der Waals surface area contributed by atoms with E-state index in [-0.39, 0.29) is 24.2 Å². The summed E-state index contributed by atoms with van der Waals surface area (Å²) >= 11 is 5.93. The molecular formula is C14H19Cl2N3O2. The van der Waals surface area contributed by atoms with Gasteiger partial charge in [0.05, 0.1) is 0 Å². The molecule has 0 radical (unpaired) electrons. The molecule has 1 heterocycles. The minimum atomic E-state index is -0.432. The van der Waals surface area contributed by atoms with Crippen molar-refractivity contribution < 1.29 is 9.59 Å². The van der Waals surface area contributed by atoms with Gasteiger partial charge in [0.1, 0.15) is 6.04 Å². The predicted octanol–water partition coefficient (Wildman–Crippen LogP) is 1.59. The number of nitrogens with one attached hydrogen (secondary N) is 2. The van der Waals surface area contributed by atoms with Gasteiger partial charge >= 0.3 is 0 Å². The highest BCUT2D eigenvalue weighted by atomic mass is 35.5. The van der Waals surface area contributed by atoms with Crippen LogP contribution in [0.5, 0.6) is 0 Å². The number of rotatable bonds is 5. The summed E-state index contributed by atoms with van der Waals surface area (Å²) in [5.41, 5.74) is 0.773. The summed E-state index contributed by atoms with van der Waals surface area (Å²) in [5, 5.41) is 6.27. The summed E-state index contributed by atoms with van der Waals surface area (Å²) < 4.78 is 0. The zero-order valence-corrected chi connectivity index (χ0v) is 13.3. The van der Waals surface area contributed by atoms with E-state index in [1.807, 2.05) is 12.1 Å². The summed E-state index contributed by atoms with van der Waals surface area (Å²) in [4.78, 5) is 25.6. The number of halogens is 2. The van der Waals surface area contributed by atoms with Crippen molar-refractivity contribution in [3.05, 3.63) is 29.3 Å². The van der Waals surface area contributed by atoms with E-state index in [1.54, 1.807) is 24.1 Å². The lowest BCUT2D eigenvalue weighted by Gasteiger charge is -2.17. The Hall–Kier alpha value is -1.30. The van der Waals surface area contributed by atoms with Gasteiger partial charge in [-0.25, -0.2) is 0 Å². The highest BCUT2D eigenvalue weighted by molar-refractivity contribution is 6.31. The second-order valence-corrected chi connectivity index (χ2v) is 5.17. The molecule has 0 bridgehead atoms. The first-order valence-corrected chi connectivity index (χ1v) is 7.00. The molecule has 5 nitrogen and oxygen atoms in total. The molecule has 2 N–H and O–H groups in total. The van der Waals surface area contributed by atoms with Gasteiger partial charge in [0.15, 0.2) is 0 Å². The lowest BCUT2D eigenvalue weighted by Crippen LogP contribution is -2.42. The van der Waals surface area contributed by atoms with Crippen molar-refractivity contribution >= 4 is 41.5 Å². The average molecular weight is 332 g/mol. The van der Waals surface area contributed by atoms with Gasteiger partial charge in [-0.2, -0.15) is 0 Å². The Kier molecular flexibility index (Phi) is 6.95. The maximum atomic E-state index is 12.3. The van der Waals surface area contributed by atoms with Crippen LogP contribution >= 0.6 is 24.0 Å². The van der Waals surface area contributed by atoms with Crippen LogP contribution in [-0.2, 0) is 9.59 Å². The summed E-state index contributed by atoms with van der Waals surface area (Å²) in [6.45, 7) is 1.20. The molecule has 0 saturated carbocycles. The Morgan fingerprint density at radius 1 is 1.48 bits per heavy atom. The summed E-state index contributed by atoms with van der Waals surface area (Å²) in [5.74, 6) is -0.185. The van der Waals surface area contributed by atoms with Crippen LogP contribution in [0.15, 0.2) is 24.3 Å². The molecule has 1 aromatic carbocycles. The lowest BCUT2D eigenvalue weighted by atomic mass is 10.2. The van der Waals surface area contributed by atoms with Crippen LogP contribution in [-0.4, -0.2) is 38.0 Å². The normalized spacial score (nSPS) is 17.5. The Balaban J connectivity index is 0.00000220. The third-order valence-corrected chi connectivity index (χ3v) is 3.50. The van der Waals surface area contributed by atoms with Gasteiger partial charge in [-0.05, 0) is 31.7 Å². The Bertz CT molecular complexity index is 511. The van der Waals surface area contributed by atoms with Gasteiger partial charge in [-0.3, -0.25) is 9.59 Å². The van der Waals surface area contributed by atoms with Gasteiger partial charge in [-0.1, -0.05) is 17.7 Å². The molecular weight excluding hydrogens is 313 g/mol. The topological polar surface area (TPSA) is 61.4 Å². The maximum Gasteiger partial charge on any atom is 0.249 e. The Morgan fingerprint density at radius 2 is 2.24 bits per heavy atom. The molecule has 2 rings (SSSR count). The van der Waals surface area contributed by atoms with Crippen molar-refractivity contribution in [1.82, 2.24) is 10.6 Å². The molecule has 1 saturated heterocycles. The maximum absolute atomic E-state index is 12.3. The Labute approximate surface area is 135 Å². The summed E-state index contributed by atoms with van der Waals surface area (Å²) in [7, 11) is 1.79. The van der Waals surface area contributed by atoms with E-state index in [4.69, 9.17) is 11.6 Å². The number of amides is 2. The van der Waals surface area contributed by atoms with Crippen LogP contribution in [0.25, 0.3) is 0 Å². The number of hydrogen-bond acceptors (Lipinski definition) is 3. The highest BCUT2D eigenvalue weighted by Gasteiger charge is 2.33. The van der Waals surface area contributed by atoms with Crippen molar-refractivity contribution in [2.24, 2.45) is 0 Å². The molecule has 116 valence electrons. The number of carbonyl (C=O) groups excluding carboxylic acids is 2. The van der Waals surface area contributed by atoms with Crippen molar-refractivity contribution in [2.45, 2.75) is 18.9 Å². The molecule has 1 atom stereocenters. The smallest absolute Gasteiger partial charge is 0.249 e. The number of anilines is 1. The third kappa shape index (κ3) is 4.59. The zero-order chi connectivity index (χ0) is 14.5. The predicted molar refractivity (Wildman–Crippen MR) is 86.1 cm³/mol. The van der Waals surface area contributed by atoms with E-state index in [0.29, 0.717) is 31.0 Å². The van der Waals surface area contributed by atoms with Crippen molar-refractivity contribution in [3.63, 3.8) is 0 Å². The van der Waals surface area contributed by atoms with E-state index in [1.165, 1.54) is 0 Å². The second-order valence-electron chi connectivity index (χ2n) is 4.73. The monoisotopic (exact) mass is 331 g/mol. The van der Waals surface area contributed by atoms with Gasteiger partial charge in [0.25, 0.3) is 0 Å². The first-order valence-electron chi connectivity index (χ1n) is 6.62. The van der Waals surface area contributed by atoms with E-state index < -0.39 is 6.04 Å². The fourth-order valence-corrected chi connectivity index (χ4v) is 2.40. The van der Waals surface area contributed by atoms with Crippen LogP contribution < -0.4 is 15.5 Å². The number of nitrogens with zero attached hydrogens (tertiary/aromatic N) is 1. The molecule has 7 heteroatoms. The van der Waals surface area contributed by atoms with Crippen LogP contribution in [0.4, 0.5) is 5.69 Å². The SMILES string of the molecule is CNCCC(=O)NC1CCN(c2cccc(Cl)c2)C1=O.Cl. The van der Waals surface area contributed by atoms with Crippen LogP contribution in [0.2, 0.25) is 5.02 Å². The van der Waals surface area contributed by atoms with E-state index in [0.717, 1.165) is 5.69 Å². The first kappa shape index (κ1) is 17.8. The molecule has 2 amide bonds. The Morgan fingerprint density at radius 3 is 2.90 bits per heavy atom. The molecule has 1 fully saturated rings. The van der Waals surface area contributed by atoms with E-state index in [9.17, 15) is 9.59 Å². The van der Waals surface area contributed by atoms with Crippen molar-refractivity contribution in [2.75, 3.05) is 25.0 Å². The molecule has 0 spiro atoms. The fourth-order valence-electron chi connectivity index (χ4n) is 2.22. The van der Waals surface area contributed by atoms with Gasteiger partial charge in [0.2, 0.25) is 11.8 Å². The molecule has 0 aromatic heterocycles. The van der Waals surface area contributed by atoms with Gasteiger partial charge in [-0.15, -0.1) is 12.4 Å². The first-order chi connectivity index (χ1) is 9.61. The molecule has 21 heavy (non-hydrogen) atoms. The van der Waals surface area contributed by atoms with Crippen molar-refractivity contribution in [1.29, 1.82) is 0 Å². The fraction of sp³-hybridized carbons (Fsp3) is 0.429. The average Bonchev–Trinajstić information content (AvgIpc) is 2.78. The van der Waals surface area contributed by atoms with Crippen LogP contribution in [0, 0.1) is 0 Å². The van der Waals surface area contributed by atoms with Crippen LogP contribution in [0.3, 0.4) is 0 Å². The van der Waals surface area contributed by atoms with Gasteiger partial charge < -0.3 is 15.5 Å². The zero-order valence-electron chi connectivity index (χ0n) is 11.8. The number of hydrogen-bond donors (Lipinski definition) is 2. The second kappa shape index (κ2) is 8.22. The largest absolute Gasteiger partial charge is 0.344 e. The molecule has 1 aromatic rings. The van der Waals surface area contributed by atoms with E-state index in [2.05, 4.69) is 10.6 Å².